The summed E-state index contributed by atoms with van der Waals surface area (Å²) < 4.78 is 18.5. The highest BCUT2D eigenvalue weighted by Gasteiger charge is 2.38. The maximum Gasteiger partial charge on any atom is 0.144 e. The maximum absolute atomic E-state index is 13.3. The Balaban J connectivity index is 2.17. The first kappa shape index (κ1) is 15.1. The lowest BCUT2D eigenvalue weighted by Crippen LogP contribution is -2.40. The molecule has 112 valence electrons. The Morgan fingerprint density at radius 2 is 1.75 bits per heavy atom. The van der Waals surface area contributed by atoms with Crippen molar-refractivity contribution in [3.05, 3.63) is 24.0 Å². The van der Waals surface area contributed by atoms with E-state index in [0.717, 1.165) is 18.5 Å². The third-order valence-corrected chi connectivity index (χ3v) is 4.08. The molecule has 2 nitrogen and oxygen atoms in total. The molecule has 20 heavy (non-hydrogen) atoms. The third kappa shape index (κ3) is 3.65. The number of hydrogen-bond acceptors (Lipinski definition) is 2. The third-order valence-electron chi connectivity index (χ3n) is 4.08. The van der Waals surface area contributed by atoms with E-state index in [-0.39, 0.29) is 5.82 Å². The molecule has 1 aromatic carbocycles. The lowest BCUT2D eigenvalue weighted by atomic mass is 9.63. The van der Waals surface area contributed by atoms with Crippen LogP contribution in [-0.4, -0.2) is 13.2 Å². The van der Waals surface area contributed by atoms with E-state index < -0.39 is 0 Å². The van der Waals surface area contributed by atoms with Crippen LogP contribution in [0.3, 0.4) is 0 Å². The zero-order chi connectivity index (χ0) is 15.0. The predicted molar refractivity (Wildman–Crippen MR) is 81.8 cm³/mol. The van der Waals surface area contributed by atoms with E-state index in [1.54, 1.807) is 13.2 Å². The summed E-state index contributed by atoms with van der Waals surface area (Å²) in [4.78, 5) is 0. The average Bonchev–Trinajstić information content (AvgIpc) is 2.27. The number of benzene rings is 1. The summed E-state index contributed by atoms with van der Waals surface area (Å²) in [7, 11) is 1.58. The minimum atomic E-state index is -0.267. The van der Waals surface area contributed by atoms with Crippen molar-refractivity contribution in [3.63, 3.8) is 0 Å². The Bertz CT molecular complexity index is 466. The van der Waals surface area contributed by atoms with Crippen molar-refractivity contribution in [2.24, 2.45) is 10.8 Å². The zero-order valence-electron chi connectivity index (χ0n) is 13.2. The zero-order valence-corrected chi connectivity index (χ0v) is 13.2. The minimum Gasteiger partial charge on any atom is -0.494 e. The van der Waals surface area contributed by atoms with Crippen molar-refractivity contribution in [2.45, 2.75) is 53.0 Å². The molecule has 1 aliphatic rings. The van der Waals surface area contributed by atoms with Crippen LogP contribution in [0.2, 0.25) is 0 Å². The summed E-state index contributed by atoms with van der Waals surface area (Å²) in [6.45, 7) is 9.30. The van der Waals surface area contributed by atoms with Crippen molar-refractivity contribution in [1.29, 1.82) is 0 Å². The van der Waals surface area contributed by atoms with Crippen molar-refractivity contribution in [2.75, 3.05) is 12.4 Å². The highest BCUT2D eigenvalue weighted by molar-refractivity contribution is 5.57. The predicted octanol–water partition coefficient (Wildman–Crippen LogP) is 4.85. The van der Waals surface area contributed by atoms with E-state index in [2.05, 4.69) is 33.0 Å². The summed E-state index contributed by atoms with van der Waals surface area (Å²) in [6.07, 6.45) is 3.48. The summed E-state index contributed by atoms with van der Waals surface area (Å²) in [5.74, 6) is 0.308. The second-order valence-electron chi connectivity index (χ2n) is 7.60. The fraction of sp³-hybridized carbons (Fsp3) is 0.647. The minimum absolute atomic E-state index is 0.267. The van der Waals surface area contributed by atoms with Gasteiger partial charge >= 0.3 is 0 Å². The molecule has 0 aromatic heterocycles. The smallest absolute Gasteiger partial charge is 0.144 e. The van der Waals surface area contributed by atoms with Gasteiger partial charge in [0.25, 0.3) is 0 Å². The van der Waals surface area contributed by atoms with E-state index in [0.29, 0.717) is 22.6 Å². The van der Waals surface area contributed by atoms with Gasteiger partial charge in [0.15, 0.2) is 0 Å². The monoisotopic (exact) mass is 279 g/mol. The first-order valence-corrected chi connectivity index (χ1v) is 7.31. The first-order valence-electron chi connectivity index (χ1n) is 7.31. The molecule has 0 radical (unpaired) electrons. The first-order chi connectivity index (χ1) is 9.21. The SMILES string of the molecule is COc1cc(F)ccc1NC1CC(C)(C)CC(C)(C)C1. The van der Waals surface area contributed by atoms with Gasteiger partial charge in [-0.25, -0.2) is 4.39 Å². The van der Waals surface area contributed by atoms with Crippen LogP contribution in [0.1, 0.15) is 47.0 Å². The van der Waals surface area contributed by atoms with Gasteiger partial charge in [0.05, 0.1) is 12.8 Å². The molecule has 0 unspecified atom stereocenters. The number of methoxy groups -OCH3 is 1. The molecule has 1 aliphatic carbocycles. The molecule has 0 saturated heterocycles. The molecule has 2 rings (SSSR count). The van der Waals surface area contributed by atoms with Crippen molar-refractivity contribution >= 4 is 5.69 Å². The van der Waals surface area contributed by atoms with Gasteiger partial charge in [-0.15, -0.1) is 0 Å². The molecule has 0 bridgehead atoms. The number of rotatable bonds is 3. The van der Waals surface area contributed by atoms with Gasteiger partial charge in [0, 0.05) is 12.1 Å². The summed E-state index contributed by atoms with van der Waals surface area (Å²) >= 11 is 0. The van der Waals surface area contributed by atoms with E-state index >= 15 is 0 Å². The Morgan fingerprint density at radius 1 is 1.15 bits per heavy atom. The molecule has 1 fully saturated rings. The number of nitrogens with one attached hydrogen (secondary N) is 1. The molecular weight excluding hydrogens is 253 g/mol. The average molecular weight is 279 g/mol. The van der Waals surface area contributed by atoms with Crippen LogP contribution in [0.15, 0.2) is 18.2 Å². The van der Waals surface area contributed by atoms with Gasteiger partial charge in [-0.2, -0.15) is 0 Å². The van der Waals surface area contributed by atoms with E-state index in [1.165, 1.54) is 18.6 Å². The van der Waals surface area contributed by atoms with E-state index in [9.17, 15) is 4.39 Å². The van der Waals surface area contributed by atoms with Crippen LogP contribution in [0.4, 0.5) is 10.1 Å². The van der Waals surface area contributed by atoms with Crippen LogP contribution < -0.4 is 10.1 Å². The number of ether oxygens (including phenoxy) is 1. The highest BCUT2D eigenvalue weighted by atomic mass is 19.1. The molecule has 0 heterocycles. The largest absolute Gasteiger partial charge is 0.494 e. The normalized spacial score (nSPS) is 21.5. The Morgan fingerprint density at radius 3 is 2.30 bits per heavy atom. The number of hydrogen-bond donors (Lipinski definition) is 1. The summed E-state index contributed by atoms with van der Waals surface area (Å²) in [6, 6.07) is 5.07. The molecular formula is C17H26FNO. The Labute approximate surface area is 121 Å². The van der Waals surface area contributed by atoms with Gasteiger partial charge in [-0.3, -0.25) is 0 Å². The molecule has 1 N–H and O–H groups in total. The fourth-order valence-corrected chi connectivity index (χ4v) is 3.95. The van der Waals surface area contributed by atoms with Crippen LogP contribution >= 0.6 is 0 Å². The molecule has 0 amide bonds. The Kier molecular flexibility index (Phi) is 3.99. The standard InChI is InChI=1S/C17H26FNO/c1-16(2)9-13(10-17(3,4)11-16)19-14-7-6-12(18)8-15(14)20-5/h6-8,13,19H,9-11H2,1-5H3. The molecule has 0 aliphatic heterocycles. The van der Waals surface area contributed by atoms with Gasteiger partial charge in [0.2, 0.25) is 0 Å². The topological polar surface area (TPSA) is 21.3 Å². The fourth-order valence-electron chi connectivity index (χ4n) is 3.95. The van der Waals surface area contributed by atoms with Gasteiger partial charge in [0.1, 0.15) is 11.6 Å². The van der Waals surface area contributed by atoms with E-state index in [4.69, 9.17) is 4.74 Å². The lowest BCUT2D eigenvalue weighted by molar-refractivity contribution is 0.105. The van der Waals surface area contributed by atoms with Crippen molar-refractivity contribution in [3.8, 4) is 5.75 Å². The maximum atomic E-state index is 13.3. The molecule has 1 saturated carbocycles. The number of halogens is 1. The second kappa shape index (κ2) is 5.27. The Hall–Kier alpha value is -1.25. The lowest BCUT2D eigenvalue weighted by Gasteiger charge is -2.45. The summed E-state index contributed by atoms with van der Waals surface area (Å²) in [5.41, 5.74) is 1.53. The van der Waals surface area contributed by atoms with Crippen molar-refractivity contribution < 1.29 is 9.13 Å². The van der Waals surface area contributed by atoms with E-state index in [1.807, 2.05) is 0 Å². The van der Waals surface area contributed by atoms with Gasteiger partial charge in [-0.1, -0.05) is 27.7 Å². The molecule has 0 atom stereocenters. The highest BCUT2D eigenvalue weighted by Crippen LogP contribution is 2.46. The summed E-state index contributed by atoms with van der Waals surface area (Å²) in [5, 5.41) is 3.55. The molecule has 3 heteroatoms. The molecule has 0 spiro atoms. The van der Waals surface area contributed by atoms with Crippen molar-refractivity contribution in [1.82, 2.24) is 0 Å². The second-order valence-corrected chi connectivity index (χ2v) is 7.60. The van der Waals surface area contributed by atoms with Gasteiger partial charge < -0.3 is 10.1 Å². The van der Waals surface area contributed by atoms with Crippen LogP contribution in [0.5, 0.6) is 5.75 Å². The van der Waals surface area contributed by atoms with Crippen LogP contribution in [0, 0.1) is 16.6 Å². The molecule has 1 aromatic rings. The quantitative estimate of drug-likeness (QED) is 0.854. The van der Waals surface area contributed by atoms with Gasteiger partial charge in [-0.05, 0) is 42.2 Å². The number of anilines is 1. The van der Waals surface area contributed by atoms with Crippen LogP contribution in [0.25, 0.3) is 0 Å². The van der Waals surface area contributed by atoms with Crippen LogP contribution in [-0.2, 0) is 0 Å².